The van der Waals surface area contributed by atoms with Gasteiger partial charge in [0.25, 0.3) is 0 Å². The van der Waals surface area contributed by atoms with Gasteiger partial charge >= 0.3 is 5.97 Å². The fraction of sp³-hybridized carbons (Fsp3) is 0.800. The maximum absolute atomic E-state index is 11.8. The summed E-state index contributed by atoms with van der Waals surface area (Å²) >= 11 is 0. The van der Waals surface area contributed by atoms with Gasteiger partial charge in [-0.3, -0.25) is 9.59 Å². The molecule has 0 saturated heterocycles. The maximum Gasteiger partial charge on any atom is 0.319 e. The van der Waals surface area contributed by atoms with E-state index in [2.05, 4.69) is 0 Å². The highest BCUT2D eigenvalue weighted by Gasteiger charge is 2.58. The first-order valence-electron chi connectivity index (χ1n) is 4.96. The van der Waals surface area contributed by atoms with E-state index in [0.29, 0.717) is 12.8 Å². The number of carbonyl (C=O) groups excluding carboxylic acids is 1. The Labute approximate surface area is 83.9 Å². The largest absolute Gasteiger partial charge is 0.480 e. The lowest BCUT2D eigenvalue weighted by Gasteiger charge is -2.26. The highest BCUT2D eigenvalue weighted by Crippen LogP contribution is 2.47. The van der Waals surface area contributed by atoms with Gasteiger partial charge in [0.2, 0.25) is 5.91 Å². The summed E-state index contributed by atoms with van der Waals surface area (Å²) in [6.07, 6.45) is 1.82. The molecule has 1 saturated carbocycles. The predicted octanol–water partition coefficient (Wildman–Crippen LogP) is 1.11. The molecule has 1 N–H and O–H groups in total. The van der Waals surface area contributed by atoms with E-state index in [0.717, 1.165) is 6.42 Å². The van der Waals surface area contributed by atoms with Crippen molar-refractivity contribution in [2.24, 2.45) is 5.41 Å². The SMILES string of the molecule is CCC(C)N(C)C(=O)C1(C(=O)O)CC1. The van der Waals surface area contributed by atoms with E-state index >= 15 is 0 Å². The van der Waals surface area contributed by atoms with Crippen LogP contribution in [0.4, 0.5) is 0 Å². The lowest BCUT2D eigenvalue weighted by Crippen LogP contribution is -2.42. The van der Waals surface area contributed by atoms with Gasteiger partial charge in [-0.1, -0.05) is 6.92 Å². The Morgan fingerprint density at radius 1 is 1.50 bits per heavy atom. The molecule has 1 fully saturated rings. The number of carbonyl (C=O) groups is 2. The van der Waals surface area contributed by atoms with Gasteiger partial charge in [-0.2, -0.15) is 0 Å². The van der Waals surface area contributed by atoms with Crippen LogP contribution in [-0.2, 0) is 9.59 Å². The molecule has 1 rings (SSSR count). The number of rotatable bonds is 4. The van der Waals surface area contributed by atoms with Crippen LogP contribution in [0.2, 0.25) is 0 Å². The van der Waals surface area contributed by atoms with E-state index in [1.54, 1.807) is 11.9 Å². The minimum atomic E-state index is -1.09. The topological polar surface area (TPSA) is 57.6 Å². The average Bonchev–Trinajstić information content (AvgIpc) is 2.95. The smallest absolute Gasteiger partial charge is 0.319 e. The molecule has 80 valence electrons. The van der Waals surface area contributed by atoms with Gasteiger partial charge in [-0.25, -0.2) is 0 Å². The molecule has 0 heterocycles. The van der Waals surface area contributed by atoms with Crippen LogP contribution in [0, 0.1) is 5.41 Å². The van der Waals surface area contributed by atoms with E-state index in [9.17, 15) is 9.59 Å². The first-order chi connectivity index (χ1) is 6.45. The molecule has 0 spiro atoms. The summed E-state index contributed by atoms with van der Waals surface area (Å²) in [5, 5.41) is 8.93. The number of hydrogen-bond donors (Lipinski definition) is 1. The molecule has 14 heavy (non-hydrogen) atoms. The Morgan fingerprint density at radius 3 is 2.29 bits per heavy atom. The van der Waals surface area contributed by atoms with E-state index in [4.69, 9.17) is 5.11 Å². The van der Waals surface area contributed by atoms with Gasteiger partial charge in [0, 0.05) is 13.1 Å². The van der Waals surface area contributed by atoms with Crippen molar-refractivity contribution in [2.45, 2.75) is 39.2 Å². The van der Waals surface area contributed by atoms with Crippen LogP contribution in [0.25, 0.3) is 0 Å². The van der Waals surface area contributed by atoms with E-state index in [1.807, 2.05) is 13.8 Å². The van der Waals surface area contributed by atoms with Crippen molar-refractivity contribution in [3.63, 3.8) is 0 Å². The van der Waals surface area contributed by atoms with Gasteiger partial charge in [-0.05, 0) is 26.2 Å². The second-order valence-electron chi connectivity index (χ2n) is 4.06. The fourth-order valence-corrected chi connectivity index (χ4v) is 1.46. The molecule has 0 aromatic rings. The van der Waals surface area contributed by atoms with Crippen molar-refractivity contribution in [3.8, 4) is 0 Å². The van der Waals surface area contributed by atoms with Crippen molar-refractivity contribution in [1.29, 1.82) is 0 Å². The third-order valence-corrected chi connectivity index (χ3v) is 3.14. The Hall–Kier alpha value is -1.06. The molecule has 0 radical (unpaired) electrons. The molecular weight excluding hydrogens is 182 g/mol. The second kappa shape index (κ2) is 3.59. The Kier molecular flexibility index (Phi) is 2.83. The molecule has 1 aliphatic carbocycles. The monoisotopic (exact) mass is 199 g/mol. The van der Waals surface area contributed by atoms with Crippen molar-refractivity contribution >= 4 is 11.9 Å². The molecular formula is C10H17NO3. The molecule has 4 nitrogen and oxygen atoms in total. The summed E-state index contributed by atoms with van der Waals surface area (Å²) < 4.78 is 0. The molecule has 1 atom stereocenters. The van der Waals surface area contributed by atoms with Gasteiger partial charge in [-0.15, -0.1) is 0 Å². The van der Waals surface area contributed by atoms with Crippen LogP contribution in [0.3, 0.4) is 0 Å². The van der Waals surface area contributed by atoms with Crippen LogP contribution in [0.1, 0.15) is 33.1 Å². The third-order valence-electron chi connectivity index (χ3n) is 3.14. The molecule has 0 aromatic carbocycles. The number of aliphatic carboxylic acids is 1. The van der Waals surface area contributed by atoms with Crippen LogP contribution in [0.15, 0.2) is 0 Å². The zero-order chi connectivity index (χ0) is 10.9. The van der Waals surface area contributed by atoms with Crippen molar-refractivity contribution in [1.82, 2.24) is 4.90 Å². The quantitative estimate of drug-likeness (QED) is 0.690. The number of nitrogens with zero attached hydrogens (tertiary/aromatic N) is 1. The molecule has 1 unspecified atom stereocenters. The molecule has 0 aromatic heterocycles. The Morgan fingerprint density at radius 2 is 2.00 bits per heavy atom. The normalized spacial score (nSPS) is 19.9. The van der Waals surface area contributed by atoms with Gasteiger partial charge < -0.3 is 10.0 Å². The number of carboxylic acids is 1. The Bertz CT molecular complexity index is 258. The zero-order valence-corrected chi connectivity index (χ0v) is 8.91. The van der Waals surface area contributed by atoms with Crippen molar-refractivity contribution in [2.75, 3.05) is 7.05 Å². The summed E-state index contributed by atoms with van der Waals surface area (Å²) in [6, 6.07) is 0.110. The average molecular weight is 199 g/mol. The highest BCUT2D eigenvalue weighted by atomic mass is 16.4. The standard InChI is InChI=1S/C10H17NO3/c1-4-7(2)11(3)8(12)10(5-6-10)9(13)14/h7H,4-6H2,1-3H3,(H,13,14). The third kappa shape index (κ3) is 1.61. The first-order valence-corrected chi connectivity index (χ1v) is 4.96. The van der Waals surface area contributed by atoms with Crippen molar-refractivity contribution in [3.05, 3.63) is 0 Å². The predicted molar refractivity (Wildman–Crippen MR) is 51.8 cm³/mol. The van der Waals surface area contributed by atoms with E-state index in [1.165, 1.54) is 0 Å². The van der Waals surface area contributed by atoms with E-state index < -0.39 is 11.4 Å². The second-order valence-corrected chi connectivity index (χ2v) is 4.06. The molecule has 4 heteroatoms. The Balaban J connectivity index is 2.71. The summed E-state index contributed by atoms with van der Waals surface area (Å²) in [5.74, 6) is -1.21. The van der Waals surface area contributed by atoms with Crippen LogP contribution in [-0.4, -0.2) is 35.0 Å². The van der Waals surface area contributed by atoms with Gasteiger partial charge in [0.05, 0.1) is 0 Å². The van der Waals surface area contributed by atoms with Gasteiger partial charge in [0.1, 0.15) is 5.41 Å². The number of amides is 1. The number of hydrogen-bond acceptors (Lipinski definition) is 2. The fourth-order valence-electron chi connectivity index (χ4n) is 1.46. The minimum absolute atomic E-state index is 0.110. The molecule has 1 amide bonds. The number of carboxylic acid groups (broad SMARTS) is 1. The lowest BCUT2D eigenvalue weighted by atomic mass is 10.0. The summed E-state index contributed by atoms with van der Waals surface area (Å²) in [6.45, 7) is 3.91. The summed E-state index contributed by atoms with van der Waals surface area (Å²) in [7, 11) is 1.68. The summed E-state index contributed by atoms with van der Waals surface area (Å²) in [4.78, 5) is 24.3. The van der Waals surface area contributed by atoms with Crippen LogP contribution in [0.5, 0.6) is 0 Å². The van der Waals surface area contributed by atoms with Gasteiger partial charge in [0.15, 0.2) is 0 Å². The first kappa shape index (κ1) is 11.0. The van der Waals surface area contributed by atoms with Crippen LogP contribution >= 0.6 is 0 Å². The maximum atomic E-state index is 11.8. The molecule has 0 aliphatic heterocycles. The van der Waals surface area contributed by atoms with Crippen molar-refractivity contribution < 1.29 is 14.7 Å². The summed E-state index contributed by atoms with van der Waals surface area (Å²) in [5.41, 5.74) is -1.09. The zero-order valence-electron chi connectivity index (χ0n) is 8.91. The minimum Gasteiger partial charge on any atom is -0.480 e. The van der Waals surface area contributed by atoms with Crippen LogP contribution < -0.4 is 0 Å². The van der Waals surface area contributed by atoms with E-state index in [-0.39, 0.29) is 11.9 Å². The molecule has 0 bridgehead atoms. The highest BCUT2D eigenvalue weighted by molar-refractivity contribution is 6.04. The molecule has 1 aliphatic rings. The lowest BCUT2D eigenvalue weighted by molar-refractivity contribution is -0.153.